The Labute approximate surface area is 170 Å². The van der Waals surface area contributed by atoms with Crippen molar-refractivity contribution in [1.82, 2.24) is 19.8 Å². The van der Waals surface area contributed by atoms with Crippen LogP contribution in [0.25, 0.3) is 10.2 Å². The SMILES string of the molecule is Cc1nc(N2CC[C@H](N3CCN(C)CC3)[C@H](CCC(=O)O)C2)c2ccsc2n1. The van der Waals surface area contributed by atoms with Gasteiger partial charge in [0.05, 0.1) is 5.39 Å². The van der Waals surface area contributed by atoms with Gasteiger partial charge in [0.25, 0.3) is 0 Å². The fraction of sp³-hybridized carbons (Fsp3) is 0.650. The summed E-state index contributed by atoms with van der Waals surface area (Å²) in [6, 6.07) is 2.57. The molecule has 0 amide bonds. The second-order valence-corrected chi connectivity index (χ2v) is 8.96. The number of thiophene rings is 1. The minimum Gasteiger partial charge on any atom is -0.481 e. The number of piperidine rings is 1. The zero-order chi connectivity index (χ0) is 19.7. The minimum atomic E-state index is -0.702. The molecule has 2 aromatic heterocycles. The van der Waals surface area contributed by atoms with Gasteiger partial charge in [-0.1, -0.05) is 0 Å². The summed E-state index contributed by atoms with van der Waals surface area (Å²) in [7, 11) is 2.17. The molecular weight excluding hydrogens is 374 g/mol. The molecule has 152 valence electrons. The van der Waals surface area contributed by atoms with E-state index in [1.165, 1.54) is 0 Å². The first-order chi connectivity index (χ1) is 13.5. The zero-order valence-electron chi connectivity index (χ0n) is 16.7. The second kappa shape index (κ2) is 8.31. The maximum absolute atomic E-state index is 11.3. The average molecular weight is 404 g/mol. The molecule has 2 aliphatic heterocycles. The van der Waals surface area contributed by atoms with Gasteiger partial charge in [0.2, 0.25) is 0 Å². The van der Waals surface area contributed by atoms with Crippen LogP contribution in [-0.4, -0.2) is 83.2 Å². The van der Waals surface area contributed by atoms with Gasteiger partial charge in [-0.3, -0.25) is 9.69 Å². The van der Waals surface area contributed by atoms with Crippen LogP contribution in [0.15, 0.2) is 11.4 Å². The van der Waals surface area contributed by atoms with Crippen LogP contribution in [0.4, 0.5) is 5.82 Å². The predicted octanol–water partition coefficient (Wildman–Crippen LogP) is 2.31. The monoisotopic (exact) mass is 403 g/mol. The summed E-state index contributed by atoms with van der Waals surface area (Å²) >= 11 is 1.65. The molecule has 0 saturated carbocycles. The molecule has 0 radical (unpaired) electrons. The van der Waals surface area contributed by atoms with Crippen molar-refractivity contribution in [3.63, 3.8) is 0 Å². The number of anilines is 1. The molecule has 1 N–H and O–H groups in total. The Balaban J connectivity index is 1.55. The maximum atomic E-state index is 11.3. The lowest BCUT2D eigenvalue weighted by molar-refractivity contribution is -0.137. The summed E-state index contributed by atoms with van der Waals surface area (Å²) in [5.41, 5.74) is 0. The molecule has 0 spiro atoms. The predicted molar refractivity (Wildman–Crippen MR) is 112 cm³/mol. The first kappa shape index (κ1) is 19.5. The Kier molecular flexibility index (Phi) is 5.80. The molecule has 28 heavy (non-hydrogen) atoms. The fourth-order valence-electron chi connectivity index (χ4n) is 4.62. The van der Waals surface area contributed by atoms with Gasteiger partial charge < -0.3 is 14.9 Å². The molecule has 7 nitrogen and oxygen atoms in total. The summed E-state index contributed by atoms with van der Waals surface area (Å²) in [4.78, 5) is 28.9. The van der Waals surface area contributed by atoms with Crippen molar-refractivity contribution in [1.29, 1.82) is 0 Å². The van der Waals surface area contributed by atoms with Crippen molar-refractivity contribution in [3.05, 3.63) is 17.3 Å². The number of hydrogen-bond donors (Lipinski definition) is 1. The number of rotatable bonds is 5. The molecular formula is C20H29N5O2S. The van der Waals surface area contributed by atoms with Crippen molar-refractivity contribution in [2.24, 2.45) is 5.92 Å². The summed E-state index contributed by atoms with van der Waals surface area (Å²) in [5.74, 6) is 1.46. The van der Waals surface area contributed by atoms with E-state index in [0.717, 1.165) is 74.0 Å². The standard InChI is InChI=1S/C20H29N5O2S/c1-14-21-19(16-6-12-28-20(16)22-14)25-7-5-17(15(13-25)3-4-18(26)27)24-10-8-23(2)9-11-24/h6,12,15,17H,3-5,7-11,13H2,1-2H3,(H,26,27)/t15-,17+/m1/s1. The van der Waals surface area contributed by atoms with Gasteiger partial charge in [-0.05, 0) is 44.2 Å². The van der Waals surface area contributed by atoms with Crippen LogP contribution in [0.5, 0.6) is 0 Å². The molecule has 0 bridgehead atoms. The van der Waals surface area contributed by atoms with Crippen LogP contribution in [0.3, 0.4) is 0 Å². The van der Waals surface area contributed by atoms with E-state index in [0.29, 0.717) is 12.0 Å². The third kappa shape index (κ3) is 4.14. The Morgan fingerprint density at radius 2 is 2.04 bits per heavy atom. The van der Waals surface area contributed by atoms with E-state index in [1.807, 2.05) is 6.92 Å². The summed E-state index contributed by atoms with van der Waals surface area (Å²) in [6.07, 6.45) is 2.02. The molecule has 0 aliphatic carbocycles. The average Bonchev–Trinajstić information content (AvgIpc) is 3.14. The van der Waals surface area contributed by atoms with E-state index >= 15 is 0 Å². The van der Waals surface area contributed by atoms with E-state index in [9.17, 15) is 9.90 Å². The molecule has 0 aromatic carbocycles. The van der Waals surface area contributed by atoms with Crippen molar-refractivity contribution in [3.8, 4) is 0 Å². The van der Waals surface area contributed by atoms with Gasteiger partial charge in [0.15, 0.2) is 0 Å². The Morgan fingerprint density at radius 1 is 1.25 bits per heavy atom. The number of likely N-dealkylation sites (N-methyl/N-ethyl adjacent to an activating group) is 1. The molecule has 8 heteroatoms. The summed E-state index contributed by atoms with van der Waals surface area (Å²) < 4.78 is 0. The van der Waals surface area contributed by atoms with E-state index in [-0.39, 0.29) is 6.42 Å². The molecule has 2 aromatic rings. The number of carboxylic acid groups (broad SMARTS) is 1. The molecule has 4 heterocycles. The number of piperazine rings is 1. The Hall–Kier alpha value is -1.77. The lowest BCUT2D eigenvalue weighted by atomic mass is 9.86. The third-order valence-electron chi connectivity index (χ3n) is 6.15. The van der Waals surface area contributed by atoms with Gasteiger partial charge in [-0.15, -0.1) is 11.3 Å². The van der Waals surface area contributed by atoms with E-state index < -0.39 is 5.97 Å². The van der Waals surface area contributed by atoms with E-state index in [2.05, 4.69) is 38.2 Å². The molecule has 2 aliphatic rings. The van der Waals surface area contributed by atoms with Crippen molar-refractivity contribution in [2.45, 2.75) is 32.2 Å². The smallest absolute Gasteiger partial charge is 0.303 e. The molecule has 0 unspecified atom stereocenters. The van der Waals surface area contributed by atoms with Crippen molar-refractivity contribution >= 4 is 33.3 Å². The number of hydrogen-bond acceptors (Lipinski definition) is 7. The van der Waals surface area contributed by atoms with Gasteiger partial charge in [-0.25, -0.2) is 9.97 Å². The fourth-order valence-corrected chi connectivity index (χ4v) is 5.43. The van der Waals surface area contributed by atoms with Crippen LogP contribution >= 0.6 is 11.3 Å². The number of aryl methyl sites for hydroxylation is 1. The number of carbonyl (C=O) groups is 1. The highest BCUT2D eigenvalue weighted by atomic mass is 32.1. The molecule has 4 rings (SSSR count). The van der Waals surface area contributed by atoms with Gasteiger partial charge in [0.1, 0.15) is 16.5 Å². The summed E-state index contributed by atoms with van der Waals surface area (Å²) in [6.45, 7) is 8.10. The van der Waals surface area contributed by atoms with Crippen LogP contribution < -0.4 is 4.90 Å². The van der Waals surface area contributed by atoms with Crippen LogP contribution in [0.2, 0.25) is 0 Å². The number of nitrogens with zero attached hydrogens (tertiary/aromatic N) is 5. The topological polar surface area (TPSA) is 72.8 Å². The van der Waals surface area contributed by atoms with Crippen LogP contribution in [-0.2, 0) is 4.79 Å². The number of fused-ring (bicyclic) bond motifs is 1. The Morgan fingerprint density at radius 3 is 2.79 bits per heavy atom. The normalized spacial score (nSPS) is 24.7. The third-order valence-corrected chi connectivity index (χ3v) is 6.95. The number of aliphatic carboxylic acids is 1. The van der Waals surface area contributed by atoms with E-state index in [1.54, 1.807) is 11.3 Å². The Bertz CT molecular complexity index is 833. The summed E-state index contributed by atoms with van der Waals surface area (Å²) in [5, 5.41) is 12.4. The van der Waals surface area contributed by atoms with Gasteiger partial charge in [0, 0.05) is 51.7 Å². The van der Waals surface area contributed by atoms with Crippen LogP contribution in [0.1, 0.15) is 25.1 Å². The molecule has 2 atom stereocenters. The maximum Gasteiger partial charge on any atom is 0.303 e. The lowest BCUT2D eigenvalue weighted by Crippen LogP contribution is -2.56. The highest BCUT2D eigenvalue weighted by molar-refractivity contribution is 7.16. The molecule has 2 saturated heterocycles. The number of carboxylic acids is 1. The van der Waals surface area contributed by atoms with Crippen LogP contribution in [0, 0.1) is 12.8 Å². The number of aromatic nitrogens is 2. The zero-order valence-corrected chi connectivity index (χ0v) is 17.5. The first-order valence-electron chi connectivity index (χ1n) is 10.1. The van der Waals surface area contributed by atoms with Crippen molar-refractivity contribution in [2.75, 3.05) is 51.2 Å². The molecule has 2 fully saturated rings. The first-order valence-corrected chi connectivity index (χ1v) is 11.0. The largest absolute Gasteiger partial charge is 0.481 e. The lowest BCUT2D eigenvalue weighted by Gasteiger charge is -2.46. The highest BCUT2D eigenvalue weighted by Gasteiger charge is 2.35. The highest BCUT2D eigenvalue weighted by Crippen LogP contribution is 2.33. The van der Waals surface area contributed by atoms with E-state index in [4.69, 9.17) is 4.98 Å². The van der Waals surface area contributed by atoms with Gasteiger partial charge in [-0.2, -0.15) is 0 Å². The second-order valence-electron chi connectivity index (χ2n) is 8.07. The van der Waals surface area contributed by atoms with Gasteiger partial charge >= 0.3 is 5.97 Å². The quantitative estimate of drug-likeness (QED) is 0.821. The minimum absolute atomic E-state index is 0.236. The van der Waals surface area contributed by atoms with Crippen molar-refractivity contribution < 1.29 is 9.90 Å².